The minimum atomic E-state index is 0. The van der Waals surface area contributed by atoms with Gasteiger partial charge in [-0.1, -0.05) is 30.4 Å². The second kappa shape index (κ2) is 6.79. The molecule has 0 unspecified atom stereocenters. The average Bonchev–Trinajstić information content (AvgIpc) is 2.17. The Morgan fingerprint density at radius 3 is 2.31 bits per heavy atom. The fraction of sp³-hybridized carbons (Fsp3) is 0.222. The van der Waals surface area contributed by atoms with Gasteiger partial charge in [0.05, 0.1) is 0 Å². The van der Waals surface area contributed by atoms with Crippen LogP contribution in [0.5, 0.6) is 0 Å². The molecule has 0 saturated heterocycles. The van der Waals surface area contributed by atoms with Crippen molar-refractivity contribution in [1.82, 2.24) is 0 Å². The van der Waals surface area contributed by atoms with E-state index in [1.165, 1.54) is 0 Å². The van der Waals surface area contributed by atoms with Crippen molar-refractivity contribution in [3.8, 4) is 0 Å². The molecule has 0 amide bonds. The predicted octanol–water partition coefficient (Wildman–Crippen LogP) is 2.77. The molecule has 0 aromatic heterocycles. The van der Waals surface area contributed by atoms with Gasteiger partial charge < -0.3 is 4.90 Å². The van der Waals surface area contributed by atoms with E-state index in [4.69, 9.17) is 12.2 Å². The van der Waals surface area contributed by atoms with Gasteiger partial charge in [-0.15, -0.1) is 11.8 Å². The summed E-state index contributed by atoms with van der Waals surface area (Å²) >= 11 is 6.73. The molecular formula is C9H11HgNS2. The summed E-state index contributed by atoms with van der Waals surface area (Å²) < 4.78 is 0.890. The van der Waals surface area contributed by atoms with Crippen LogP contribution in [0, 0.1) is 0 Å². The maximum absolute atomic E-state index is 5.15. The first-order valence-corrected chi connectivity index (χ1v) is 5.25. The van der Waals surface area contributed by atoms with E-state index in [1.807, 2.05) is 48.5 Å². The number of thioether (sulfide) groups is 1. The molecule has 0 aliphatic rings. The third-order valence-electron chi connectivity index (χ3n) is 1.59. The third kappa shape index (κ3) is 3.96. The Balaban J connectivity index is 0.00000144. The molecule has 13 heavy (non-hydrogen) atoms. The Kier molecular flexibility index (Phi) is 7.00. The van der Waals surface area contributed by atoms with Gasteiger partial charge in [-0.25, -0.2) is 0 Å². The van der Waals surface area contributed by atoms with Gasteiger partial charge in [0.2, 0.25) is 0 Å². The van der Waals surface area contributed by atoms with Crippen LogP contribution >= 0.6 is 24.0 Å². The monoisotopic (exact) mass is 399 g/mol. The molecule has 0 bridgehead atoms. The molecule has 4 heteroatoms. The summed E-state index contributed by atoms with van der Waals surface area (Å²) in [5.74, 6) is 0. The summed E-state index contributed by atoms with van der Waals surface area (Å²) in [6.07, 6.45) is 1.99. The Bertz CT molecular complexity index is 264. The normalized spacial score (nSPS) is 8.77. The van der Waals surface area contributed by atoms with Crippen molar-refractivity contribution >= 4 is 34.0 Å². The molecule has 0 heterocycles. The second-order valence-corrected chi connectivity index (χ2v) is 3.80. The summed E-state index contributed by atoms with van der Waals surface area (Å²) in [7, 11) is 1.98. The molecule has 0 aliphatic carbocycles. The minimum Gasteiger partial charge on any atom is -0.330 e. The fourth-order valence-electron chi connectivity index (χ4n) is 0.894. The molecule has 0 aliphatic heterocycles. The van der Waals surface area contributed by atoms with Crippen LogP contribution in [0.3, 0.4) is 0 Å². The predicted molar refractivity (Wildman–Crippen MR) is 61.0 cm³/mol. The molecule has 1 aromatic carbocycles. The van der Waals surface area contributed by atoms with E-state index < -0.39 is 0 Å². The van der Waals surface area contributed by atoms with Crippen molar-refractivity contribution < 1.29 is 27.7 Å². The zero-order valence-corrected chi connectivity index (χ0v) is 15.0. The zero-order valence-electron chi connectivity index (χ0n) is 7.86. The smallest absolute Gasteiger partial charge is 0.140 e. The molecule has 0 spiro atoms. The maximum Gasteiger partial charge on any atom is 0.140 e. The van der Waals surface area contributed by atoms with Crippen molar-refractivity contribution in [3.05, 3.63) is 30.3 Å². The Morgan fingerprint density at radius 1 is 1.31 bits per heavy atom. The molecule has 1 aromatic rings. The van der Waals surface area contributed by atoms with Crippen LogP contribution in [0.4, 0.5) is 5.69 Å². The van der Waals surface area contributed by atoms with Crippen molar-refractivity contribution in [3.63, 3.8) is 0 Å². The number of anilines is 1. The number of para-hydroxylation sites is 1. The van der Waals surface area contributed by atoms with Crippen LogP contribution in [0.2, 0.25) is 0 Å². The quantitative estimate of drug-likeness (QED) is 0.530. The van der Waals surface area contributed by atoms with Gasteiger partial charge in [0.15, 0.2) is 0 Å². The topological polar surface area (TPSA) is 3.24 Å². The van der Waals surface area contributed by atoms with E-state index in [2.05, 4.69) is 0 Å². The molecular weight excluding hydrogens is 387 g/mol. The van der Waals surface area contributed by atoms with E-state index >= 15 is 0 Å². The van der Waals surface area contributed by atoms with E-state index in [0.717, 1.165) is 10.0 Å². The summed E-state index contributed by atoms with van der Waals surface area (Å²) in [6, 6.07) is 10.1. The minimum absolute atomic E-state index is 0. The molecule has 0 radical (unpaired) electrons. The Hall–Kier alpha value is 0.395. The number of benzene rings is 1. The summed E-state index contributed by atoms with van der Waals surface area (Å²) in [5, 5.41) is 0. The van der Waals surface area contributed by atoms with Crippen molar-refractivity contribution in [2.75, 3.05) is 18.2 Å². The van der Waals surface area contributed by atoms with E-state index in [0.29, 0.717) is 0 Å². The van der Waals surface area contributed by atoms with Gasteiger partial charge in [-0.2, -0.15) is 0 Å². The third-order valence-corrected chi connectivity index (χ3v) is 2.99. The SMILES string of the molecule is CSC(=S)N(C)c1ccccc1.[Hg]. The van der Waals surface area contributed by atoms with Crippen molar-refractivity contribution in [2.45, 2.75) is 0 Å². The Morgan fingerprint density at radius 2 is 1.85 bits per heavy atom. The van der Waals surface area contributed by atoms with Crippen LogP contribution in [0.15, 0.2) is 30.3 Å². The first-order valence-electron chi connectivity index (χ1n) is 3.62. The molecule has 0 saturated carbocycles. The number of thiocarbonyl (C=S) groups is 1. The van der Waals surface area contributed by atoms with Crippen molar-refractivity contribution in [1.29, 1.82) is 0 Å². The second-order valence-electron chi connectivity index (χ2n) is 2.36. The Labute approximate surface area is 109 Å². The zero-order chi connectivity index (χ0) is 8.97. The molecule has 0 fully saturated rings. The van der Waals surface area contributed by atoms with Gasteiger partial charge in [-0.3, -0.25) is 0 Å². The fourth-order valence-corrected chi connectivity index (χ4v) is 1.38. The molecule has 1 rings (SSSR count). The van der Waals surface area contributed by atoms with Crippen LogP contribution in [-0.4, -0.2) is 17.6 Å². The van der Waals surface area contributed by atoms with Crippen LogP contribution in [0.1, 0.15) is 0 Å². The summed E-state index contributed by atoms with van der Waals surface area (Å²) in [6.45, 7) is 0. The summed E-state index contributed by atoms with van der Waals surface area (Å²) in [4.78, 5) is 2.00. The first-order chi connectivity index (χ1) is 5.75. The van der Waals surface area contributed by atoms with Crippen LogP contribution < -0.4 is 4.90 Å². The molecule has 1 nitrogen and oxygen atoms in total. The van der Waals surface area contributed by atoms with E-state index in [1.54, 1.807) is 11.8 Å². The van der Waals surface area contributed by atoms with Crippen LogP contribution in [-0.2, 0) is 27.7 Å². The van der Waals surface area contributed by atoms with E-state index in [9.17, 15) is 0 Å². The first kappa shape index (κ1) is 13.4. The average molecular weight is 398 g/mol. The van der Waals surface area contributed by atoms with E-state index in [-0.39, 0.29) is 27.7 Å². The number of hydrogen-bond donors (Lipinski definition) is 0. The summed E-state index contributed by atoms with van der Waals surface area (Å²) in [5.41, 5.74) is 1.14. The number of rotatable bonds is 1. The van der Waals surface area contributed by atoms with Gasteiger partial charge in [0.1, 0.15) is 4.32 Å². The van der Waals surface area contributed by atoms with Crippen LogP contribution in [0.25, 0.3) is 0 Å². The standard InChI is InChI=1S/C9H11NS2.Hg/c1-10(9(11)12-2)8-6-4-3-5-7-8;/h3-7H,1-2H3;. The van der Waals surface area contributed by atoms with Gasteiger partial charge in [0.25, 0.3) is 0 Å². The number of hydrogen-bond acceptors (Lipinski definition) is 2. The van der Waals surface area contributed by atoms with Gasteiger partial charge in [0, 0.05) is 40.4 Å². The van der Waals surface area contributed by atoms with Crippen molar-refractivity contribution in [2.24, 2.45) is 0 Å². The number of nitrogens with zero attached hydrogens (tertiary/aromatic N) is 1. The van der Waals surface area contributed by atoms with Gasteiger partial charge >= 0.3 is 0 Å². The maximum atomic E-state index is 5.15. The molecule has 66 valence electrons. The molecule has 0 atom stereocenters. The molecule has 0 N–H and O–H groups in total. The van der Waals surface area contributed by atoms with Gasteiger partial charge in [-0.05, 0) is 18.4 Å². The largest absolute Gasteiger partial charge is 0.330 e.